The van der Waals surface area contributed by atoms with Gasteiger partial charge in [-0.1, -0.05) is 131 Å². The smallest absolute Gasteiger partial charge is 0.158 e. The molecule has 1 saturated heterocycles. The lowest BCUT2D eigenvalue weighted by molar-refractivity contribution is -0.100. The van der Waals surface area contributed by atoms with Crippen molar-refractivity contribution < 1.29 is 4.74 Å². The van der Waals surface area contributed by atoms with Crippen LogP contribution in [-0.2, 0) is 15.9 Å². The zero-order chi connectivity index (χ0) is 21.6. The first kappa shape index (κ1) is 20.4. The van der Waals surface area contributed by atoms with Gasteiger partial charge in [-0.05, 0) is 29.2 Å². The maximum absolute atomic E-state index is 7.08. The summed E-state index contributed by atoms with van der Waals surface area (Å²) in [6.07, 6.45) is 0. The number of aryl methyl sites for hydroxylation is 1. The summed E-state index contributed by atoms with van der Waals surface area (Å²) in [7, 11) is 0. The third-order valence-electron chi connectivity index (χ3n) is 7.47. The summed E-state index contributed by atoms with van der Waals surface area (Å²) in [6.45, 7) is 2.11. The maximum atomic E-state index is 7.08. The molecule has 2 aliphatic carbocycles. The van der Waals surface area contributed by atoms with Gasteiger partial charge < -0.3 is 4.74 Å². The van der Waals surface area contributed by atoms with Crippen molar-refractivity contribution in [1.82, 2.24) is 0 Å². The molecule has 0 radical (unpaired) electrons. The van der Waals surface area contributed by atoms with E-state index < -0.39 is 19.9 Å². The van der Waals surface area contributed by atoms with E-state index >= 15 is 0 Å². The molecule has 3 fully saturated rings. The van der Waals surface area contributed by atoms with E-state index in [4.69, 9.17) is 51.1 Å². The van der Waals surface area contributed by atoms with Crippen LogP contribution in [0.3, 0.4) is 0 Å². The average molecular weight is 490 g/mol. The highest BCUT2D eigenvalue weighted by atomic mass is 35.5. The number of fused-ring (bicyclic) bond motifs is 2. The van der Waals surface area contributed by atoms with Gasteiger partial charge in [-0.3, -0.25) is 0 Å². The molecule has 0 N–H and O–H groups in total. The number of halogens is 4. The Labute approximate surface area is 202 Å². The predicted octanol–water partition coefficient (Wildman–Crippen LogP) is 7.51. The van der Waals surface area contributed by atoms with Gasteiger partial charge in [0.2, 0.25) is 0 Å². The Morgan fingerprint density at radius 1 is 0.613 bits per heavy atom. The van der Waals surface area contributed by atoms with Crippen LogP contribution in [0, 0.1) is 18.8 Å². The Kier molecular flexibility index (Phi) is 4.23. The minimum absolute atomic E-state index is 0.0552. The molecule has 3 aromatic carbocycles. The fourth-order valence-electron chi connectivity index (χ4n) is 6.03. The summed E-state index contributed by atoms with van der Waals surface area (Å²) in [6, 6.07) is 28.3. The average Bonchev–Trinajstić information content (AvgIpc) is 3.51. The topological polar surface area (TPSA) is 9.23 Å². The van der Waals surface area contributed by atoms with Gasteiger partial charge in [-0.25, -0.2) is 0 Å². The molecule has 158 valence electrons. The summed E-state index contributed by atoms with van der Waals surface area (Å²) in [5, 5.41) is 0. The standard InChI is InChI=1S/C26H20Cl4O/c1-16-10-8-9-15-19(16)20-21-23(25(21,27)28,17-11-4-2-5-12-17)31-24(22(20)26(24,29)30)18-13-6-3-7-14-18/h2-15,20-22H,1H3/t20?,21-,22+,23-,24+. The van der Waals surface area contributed by atoms with Crippen molar-refractivity contribution in [2.75, 3.05) is 0 Å². The van der Waals surface area contributed by atoms with Crippen molar-refractivity contribution in [3.8, 4) is 0 Å². The molecule has 0 bridgehead atoms. The van der Waals surface area contributed by atoms with Crippen LogP contribution >= 0.6 is 46.4 Å². The lowest BCUT2D eigenvalue weighted by atomic mass is 9.80. The van der Waals surface area contributed by atoms with E-state index in [0.29, 0.717) is 0 Å². The van der Waals surface area contributed by atoms with Crippen LogP contribution in [0.15, 0.2) is 84.9 Å². The van der Waals surface area contributed by atoms with Crippen LogP contribution in [0.25, 0.3) is 0 Å². The Morgan fingerprint density at radius 3 is 1.48 bits per heavy atom. The Morgan fingerprint density at radius 2 is 1.03 bits per heavy atom. The van der Waals surface area contributed by atoms with Crippen molar-refractivity contribution in [3.63, 3.8) is 0 Å². The molecule has 1 unspecified atom stereocenters. The summed E-state index contributed by atoms with van der Waals surface area (Å²) in [5.74, 6) is -0.401. The van der Waals surface area contributed by atoms with Gasteiger partial charge in [0.05, 0.1) is 0 Å². The number of hydrogen-bond acceptors (Lipinski definition) is 1. The first-order valence-corrected chi connectivity index (χ1v) is 11.9. The molecule has 0 aromatic heterocycles. The second-order valence-corrected chi connectivity index (χ2v) is 11.7. The Bertz CT molecular complexity index is 1090. The van der Waals surface area contributed by atoms with Crippen LogP contribution in [0.4, 0.5) is 0 Å². The third-order valence-corrected chi connectivity index (χ3v) is 9.54. The molecular weight excluding hydrogens is 470 g/mol. The molecule has 5 heteroatoms. The van der Waals surface area contributed by atoms with Crippen molar-refractivity contribution in [1.29, 1.82) is 0 Å². The van der Waals surface area contributed by atoms with Crippen molar-refractivity contribution >= 4 is 46.4 Å². The quantitative estimate of drug-likeness (QED) is 0.346. The van der Waals surface area contributed by atoms with E-state index in [0.717, 1.165) is 11.1 Å². The summed E-state index contributed by atoms with van der Waals surface area (Å²) < 4.78 is 4.78. The lowest BCUT2D eigenvalue weighted by Gasteiger charge is -2.35. The number of benzene rings is 3. The highest BCUT2D eigenvalue weighted by Crippen LogP contribution is 2.89. The molecule has 0 amide bonds. The fraction of sp³-hybridized carbons (Fsp3) is 0.308. The van der Waals surface area contributed by atoms with Crippen molar-refractivity contribution in [2.24, 2.45) is 11.8 Å². The molecule has 5 atom stereocenters. The van der Waals surface area contributed by atoms with E-state index in [1.54, 1.807) is 0 Å². The molecule has 2 saturated carbocycles. The van der Waals surface area contributed by atoms with E-state index in [1.165, 1.54) is 11.1 Å². The van der Waals surface area contributed by atoms with E-state index in [9.17, 15) is 0 Å². The van der Waals surface area contributed by atoms with Gasteiger partial charge in [0, 0.05) is 17.8 Å². The van der Waals surface area contributed by atoms with E-state index in [1.807, 2.05) is 72.8 Å². The third kappa shape index (κ3) is 2.35. The van der Waals surface area contributed by atoms with Crippen molar-refractivity contribution in [3.05, 3.63) is 107 Å². The first-order chi connectivity index (χ1) is 14.8. The van der Waals surface area contributed by atoms with Crippen LogP contribution in [0.5, 0.6) is 0 Å². The molecule has 3 aromatic rings. The second-order valence-electron chi connectivity index (χ2n) is 8.89. The minimum Gasteiger partial charge on any atom is -0.352 e. The zero-order valence-electron chi connectivity index (χ0n) is 16.7. The Balaban J connectivity index is 1.62. The fourth-order valence-corrected chi connectivity index (χ4v) is 8.03. The molecule has 1 heterocycles. The second kappa shape index (κ2) is 6.43. The molecule has 0 spiro atoms. The number of ether oxygens (including phenoxy) is 1. The molecular formula is C26H20Cl4O. The molecule has 1 aliphatic heterocycles. The van der Waals surface area contributed by atoms with Crippen LogP contribution < -0.4 is 0 Å². The highest BCUT2D eigenvalue weighted by molar-refractivity contribution is 6.54. The maximum Gasteiger partial charge on any atom is 0.158 e. The monoisotopic (exact) mass is 488 g/mol. The van der Waals surface area contributed by atoms with Gasteiger partial charge in [-0.15, -0.1) is 0 Å². The van der Waals surface area contributed by atoms with Gasteiger partial charge in [-0.2, -0.15) is 0 Å². The minimum atomic E-state index is -1.10. The van der Waals surface area contributed by atoms with Crippen LogP contribution in [0.1, 0.15) is 28.2 Å². The van der Waals surface area contributed by atoms with E-state index in [2.05, 4.69) is 19.1 Å². The van der Waals surface area contributed by atoms with Gasteiger partial charge >= 0.3 is 0 Å². The molecule has 3 aliphatic rings. The van der Waals surface area contributed by atoms with Crippen molar-refractivity contribution in [2.45, 2.75) is 32.7 Å². The van der Waals surface area contributed by atoms with Gasteiger partial charge in [0.15, 0.2) is 8.67 Å². The number of rotatable bonds is 3. The molecule has 31 heavy (non-hydrogen) atoms. The summed E-state index contributed by atoms with van der Waals surface area (Å²) >= 11 is 28.3. The SMILES string of the molecule is Cc1ccccc1C1[C@@H]2C(Cl)(Cl)[C@@]2(c2ccccc2)O[C@]2(c3ccccc3)[C@@H]1C2(Cl)Cl. The van der Waals surface area contributed by atoms with Gasteiger partial charge in [0.25, 0.3) is 0 Å². The lowest BCUT2D eigenvalue weighted by Crippen LogP contribution is -2.35. The number of hydrogen-bond donors (Lipinski definition) is 0. The van der Waals surface area contributed by atoms with Crippen LogP contribution in [-0.4, -0.2) is 8.67 Å². The summed E-state index contributed by atoms with van der Waals surface area (Å²) in [5.41, 5.74) is 2.45. The largest absolute Gasteiger partial charge is 0.352 e. The molecule has 6 rings (SSSR count). The zero-order valence-corrected chi connectivity index (χ0v) is 19.8. The normalized spacial score (nSPS) is 36.2. The van der Waals surface area contributed by atoms with Gasteiger partial charge in [0.1, 0.15) is 11.2 Å². The van der Waals surface area contributed by atoms with Crippen LogP contribution in [0.2, 0.25) is 0 Å². The van der Waals surface area contributed by atoms with E-state index in [-0.39, 0.29) is 17.8 Å². The molecule has 1 nitrogen and oxygen atoms in total. The Hall–Kier alpha value is -1.22. The first-order valence-electron chi connectivity index (χ1n) is 10.4. The highest BCUT2D eigenvalue weighted by Gasteiger charge is 2.95. The predicted molar refractivity (Wildman–Crippen MR) is 127 cm³/mol. The number of alkyl halides is 4. The summed E-state index contributed by atoms with van der Waals surface area (Å²) in [4.78, 5) is 0.